The van der Waals surface area contributed by atoms with Crippen molar-refractivity contribution < 1.29 is 4.74 Å². The molecule has 1 aliphatic carbocycles. The van der Waals surface area contributed by atoms with Gasteiger partial charge in [0.1, 0.15) is 0 Å². The Balaban J connectivity index is 1.45. The monoisotopic (exact) mass is 366 g/mol. The number of thiophene rings is 1. The maximum atomic E-state index is 5.39. The lowest BCUT2D eigenvalue weighted by molar-refractivity contribution is 0.123. The third kappa shape index (κ3) is 4.91. The Morgan fingerprint density at radius 1 is 1.33 bits per heavy atom. The summed E-state index contributed by atoms with van der Waals surface area (Å²) in [6.07, 6.45) is 6.94. The molecule has 24 heavy (non-hydrogen) atoms. The Kier molecular flexibility index (Phi) is 6.45. The van der Waals surface area contributed by atoms with Crippen molar-refractivity contribution in [2.45, 2.75) is 38.6 Å². The van der Waals surface area contributed by atoms with Crippen LogP contribution in [-0.2, 0) is 4.74 Å². The number of rotatable bonds is 4. The molecule has 0 radical (unpaired) electrons. The van der Waals surface area contributed by atoms with Crippen LogP contribution >= 0.6 is 23.6 Å². The number of nitrogens with one attached hydrogen (secondary N) is 2. The summed E-state index contributed by atoms with van der Waals surface area (Å²) in [6, 6.07) is 4.72. The molecule has 5 nitrogen and oxygen atoms in total. The van der Waals surface area contributed by atoms with E-state index in [0.29, 0.717) is 17.1 Å². The van der Waals surface area contributed by atoms with Crippen molar-refractivity contribution in [3.05, 3.63) is 17.0 Å². The summed E-state index contributed by atoms with van der Waals surface area (Å²) in [5, 5.41) is 9.57. The third-order valence-corrected chi connectivity index (χ3v) is 6.01. The Labute approximate surface area is 153 Å². The topological polar surface area (TPSA) is 48.9 Å². The van der Waals surface area contributed by atoms with Crippen molar-refractivity contribution >= 4 is 39.9 Å². The Morgan fingerprint density at radius 2 is 2.12 bits per heavy atom. The Morgan fingerprint density at radius 3 is 2.92 bits per heavy atom. The highest BCUT2D eigenvalue weighted by Gasteiger charge is 2.21. The van der Waals surface area contributed by atoms with Gasteiger partial charge in [-0.15, -0.1) is 11.3 Å². The van der Waals surface area contributed by atoms with E-state index in [0.717, 1.165) is 31.2 Å². The first-order valence-electron chi connectivity index (χ1n) is 8.74. The highest BCUT2D eigenvalue weighted by Crippen LogP contribution is 2.25. The number of hydrogen-bond acceptors (Lipinski definition) is 5. The van der Waals surface area contributed by atoms with E-state index in [4.69, 9.17) is 17.0 Å². The van der Waals surface area contributed by atoms with Gasteiger partial charge in [-0.05, 0) is 43.1 Å². The van der Waals surface area contributed by atoms with Crippen molar-refractivity contribution in [1.29, 1.82) is 0 Å². The molecule has 1 aromatic heterocycles. The number of thiocarbonyl (C=S) groups is 1. The van der Waals surface area contributed by atoms with Crippen LogP contribution in [0, 0.1) is 5.92 Å². The molecule has 2 atom stereocenters. The number of morpholine rings is 1. The molecule has 7 heteroatoms. The minimum Gasteiger partial charge on any atom is -0.378 e. The van der Waals surface area contributed by atoms with Gasteiger partial charge in [0, 0.05) is 24.0 Å². The fourth-order valence-corrected chi connectivity index (χ4v) is 4.39. The molecule has 2 aliphatic rings. The fourth-order valence-electron chi connectivity index (χ4n) is 3.25. The van der Waals surface area contributed by atoms with Gasteiger partial charge in [-0.25, -0.2) is 0 Å². The van der Waals surface area contributed by atoms with Crippen LogP contribution in [0.5, 0.6) is 0 Å². The van der Waals surface area contributed by atoms with Crippen LogP contribution in [0.4, 0.5) is 5.00 Å². The van der Waals surface area contributed by atoms with Crippen molar-refractivity contribution in [2.24, 2.45) is 11.0 Å². The SMILES string of the molecule is C[C@@H]1CCCC[C@@H]1NC(=S)N/N=C\c1ccc(N2CCOCC2)s1. The van der Waals surface area contributed by atoms with Gasteiger partial charge in [-0.1, -0.05) is 19.8 Å². The van der Waals surface area contributed by atoms with Crippen molar-refractivity contribution in [3.8, 4) is 0 Å². The number of hydrazone groups is 1. The van der Waals surface area contributed by atoms with E-state index in [1.807, 2.05) is 6.21 Å². The number of nitrogens with zero attached hydrogens (tertiary/aromatic N) is 2. The first-order valence-corrected chi connectivity index (χ1v) is 9.97. The lowest BCUT2D eigenvalue weighted by atomic mass is 9.86. The summed E-state index contributed by atoms with van der Waals surface area (Å²) in [7, 11) is 0. The molecule has 0 unspecified atom stereocenters. The summed E-state index contributed by atoms with van der Waals surface area (Å²) >= 11 is 7.10. The largest absolute Gasteiger partial charge is 0.378 e. The standard InChI is InChI=1S/C17H26N4OS2/c1-13-4-2-3-5-15(13)19-17(23)20-18-12-14-6-7-16(24-14)21-8-10-22-11-9-21/h6-7,12-13,15H,2-5,8-11H2,1H3,(H2,19,20,23)/b18-12-/t13-,15+/m1/s1. The average Bonchev–Trinajstić information content (AvgIpc) is 3.07. The van der Waals surface area contributed by atoms with E-state index in [-0.39, 0.29) is 0 Å². The Bertz CT molecular complexity index is 569. The summed E-state index contributed by atoms with van der Waals surface area (Å²) in [4.78, 5) is 3.48. The van der Waals surface area contributed by atoms with Crippen LogP contribution in [0.3, 0.4) is 0 Å². The van der Waals surface area contributed by atoms with Crippen LogP contribution in [0.15, 0.2) is 17.2 Å². The molecule has 0 spiro atoms. The predicted molar refractivity (Wildman–Crippen MR) is 105 cm³/mol. The molecule has 1 saturated heterocycles. The van der Waals surface area contributed by atoms with Gasteiger partial charge in [-0.3, -0.25) is 5.43 Å². The van der Waals surface area contributed by atoms with Crippen molar-refractivity contribution in [3.63, 3.8) is 0 Å². The molecule has 2 N–H and O–H groups in total. The molecule has 1 saturated carbocycles. The van der Waals surface area contributed by atoms with Gasteiger partial charge in [0.15, 0.2) is 5.11 Å². The van der Waals surface area contributed by atoms with E-state index in [1.165, 1.54) is 30.7 Å². The normalized spacial score (nSPS) is 25.0. The summed E-state index contributed by atoms with van der Waals surface area (Å²) < 4.78 is 5.39. The average molecular weight is 367 g/mol. The van der Waals surface area contributed by atoms with Crippen LogP contribution in [0.2, 0.25) is 0 Å². The molecule has 1 aromatic rings. The second-order valence-corrected chi connectivity index (χ2v) is 7.99. The zero-order chi connectivity index (χ0) is 16.8. The van der Waals surface area contributed by atoms with Crippen LogP contribution in [0.1, 0.15) is 37.5 Å². The van der Waals surface area contributed by atoms with Gasteiger partial charge in [-0.2, -0.15) is 5.10 Å². The van der Waals surface area contributed by atoms with E-state index in [1.54, 1.807) is 11.3 Å². The first kappa shape index (κ1) is 17.6. The van der Waals surface area contributed by atoms with Gasteiger partial charge >= 0.3 is 0 Å². The van der Waals surface area contributed by atoms with E-state index in [9.17, 15) is 0 Å². The summed E-state index contributed by atoms with van der Waals surface area (Å²) in [5.41, 5.74) is 2.95. The number of hydrogen-bond donors (Lipinski definition) is 2. The molecule has 132 valence electrons. The molecule has 1 aliphatic heterocycles. The quantitative estimate of drug-likeness (QED) is 0.487. The maximum absolute atomic E-state index is 5.39. The maximum Gasteiger partial charge on any atom is 0.187 e. The Hall–Kier alpha value is -1.18. The highest BCUT2D eigenvalue weighted by atomic mass is 32.1. The molecule has 2 fully saturated rings. The minimum atomic E-state index is 0.476. The first-order chi connectivity index (χ1) is 11.7. The molecule has 0 aromatic carbocycles. The smallest absolute Gasteiger partial charge is 0.187 e. The molecule has 2 heterocycles. The van der Waals surface area contributed by atoms with Crippen molar-refractivity contribution in [1.82, 2.24) is 10.7 Å². The van der Waals surface area contributed by atoms with Crippen molar-refractivity contribution in [2.75, 3.05) is 31.2 Å². The molecule has 0 amide bonds. The highest BCUT2D eigenvalue weighted by molar-refractivity contribution is 7.80. The summed E-state index contributed by atoms with van der Waals surface area (Å²) in [6.45, 7) is 5.83. The molecule has 3 rings (SSSR count). The van der Waals surface area contributed by atoms with Crippen LogP contribution in [-0.4, -0.2) is 43.7 Å². The predicted octanol–water partition coefficient (Wildman–Crippen LogP) is 2.96. The van der Waals surface area contributed by atoms with Gasteiger partial charge in [0.25, 0.3) is 0 Å². The molecule has 0 bridgehead atoms. The van der Waals surface area contributed by atoms with Gasteiger partial charge in [0.05, 0.1) is 24.4 Å². The molecular weight excluding hydrogens is 340 g/mol. The second kappa shape index (κ2) is 8.78. The summed E-state index contributed by atoms with van der Waals surface area (Å²) in [5.74, 6) is 0.677. The third-order valence-electron chi connectivity index (χ3n) is 4.72. The lowest BCUT2D eigenvalue weighted by Crippen LogP contribution is -2.44. The van der Waals surface area contributed by atoms with Crippen LogP contribution < -0.4 is 15.6 Å². The van der Waals surface area contributed by atoms with Gasteiger partial charge in [0.2, 0.25) is 0 Å². The van der Waals surface area contributed by atoms with E-state index < -0.39 is 0 Å². The number of ether oxygens (including phenoxy) is 1. The lowest BCUT2D eigenvalue weighted by Gasteiger charge is -2.30. The number of anilines is 1. The minimum absolute atomic E-state index is 0.476. The zero-order valence-electron chi connectivity index (χ0n) is 14.2. The molecular formula is C17H26N4OS2. The zero-order valence-corrected chi connectivity index (χ0v) is 15.8. The van der Waals surface area contributed by atoms with Gasteiger partial charge < -0.3 is 15.0 Å². The van der Waals surface area contributed by atoms with E-state index >= 15 is 0 Å². The van der Waals surface area contributed by atoms with E-state index in [2.05, 4.69) is 39.8 Å². The van der Waals surface area contributed by atoms with Crippen LogP contribution in [0.25, 0.3) is 0 Å². The second-order valence-electron chi connectivity index (χ2n) is 6.49. The fraction of sp³-hybridized carbons (Fsp3) is 0.647.